The molecule has 6 heteroatoms. The summed E-state index contributed by atoms with van der Waals surface area (Å²) in [6.45, 7) is 6.00. The maximum absolute atomic E-state index is 13.1. The number of carbonyl (C=O) groups is 1. The molecule has 1 amide bonds. The highest BCUT2D eigenvalue weighted by Gasteiger charge is 2.24. The average Bonchev–Trinajstić information content (AvgIpc) is 2.92. The fraction of sp³-hybridized carbons (Fsp3) is 0.389. The van der Waals surface area contributed by atoms with Gasteiger partial charge in [-0.25, -0.2) is 4.39 Å². The van der Waals surface area contributed by atoms with Gasteiger partial charge < -0.3 is 10.6 Å². The largest absolute Gasteiger partial charge is 0.347 e. The Morgan fingerprint density at radius 3 is 2.71 bits per heavy atom. The number of benzene rings is 1. The minimum Gasteiger partial charge on any atom is -0.347 e. The van der Waals surface area contributed by atoms with E-state index < -0.39 is 0 Å². The van der Waals surface area contributed by atoms with Crippen LogP contribution in [0.5, 0.6) is 0 Å². The molecule has 3 rings (SSSR count). The molecular formula is C18H22ClFN2OS. The Labute approximate surface area is 152 Å². The molecule has 1 aliphatic rings. The van der Waals surface area contributed by atoms with Crippen molar-refractivity contribution in [2.75, 3.05) is 13.1 Å². The zero-order chi connectivity index (χ0) is 16.4. The second kappa shape index (κ2) is 8.10. The molecule has 1 aliphatic heterocycles. The molecule has 0 aliphatic carbocycles. The highest BCUT2D eigenvalue weighted by molar-refractivity contribution is 7.14. The lowest BCUT2D eigenvalue weighted by atomic mass is 9.95. The van der Waals surface area contributed by atoms with E-state index in [4.69, 9.17) is 0 Å². The minimum absolute atomic E-state index is 0. The van der Waals surface area contributed by atoms with Crippen LogP contribution in [0.4, 0.5) is 4.39 Å². The second-order valence-corrected chi connectivity index (χ2v) is 7.39. The number of nitrogens with one attached hydrogen (secondary N) is 2. The highest BCUT2D eigenvalue weighted by atomic mass is 35.5. The first-order chi connectivity index (χ1) is 11.0. The standard InChI is InChI=1S/C18H21FN2OS.ClH/c1-11-7-8-20-10-16(11)21-18(22)17-9-15(12(2)23-17)13-3-5-14(19)6-4-13;/h3-6,9,11,16,20H,7-8,10H2,1-2H3,(H,21,22);1H. The van der Waals surface area contributed by atoms with Gasteiger partial charge in [-0.15, -0.1) is 23.7 Å². The molecule has 2 N–H and O–H groups in total. The van der Waals surface area contributed by atoms with E-state index in [-0.39, 0.29) is 30.2 Å². The predicted molar refractivity (Wildman–Crippen MR) is 99.6 cm³/mol. The summed E-state index contributed by atoms with van der Waals surface area (Å²) in [6, 6.07) is 8.47. The fourth-order valence-electron chi connectivity index (χ4n) is 2.93. The van der Waals surface area contributed by atoms with Gasteiger partial charge in [0.05, 0.1) is 4.88 Å². The van der Waals surface area contributed by atoms with Crippen molar-refractivity contribution in [3.05, 3.63) is 45.9 Å². The summed E-state index contributed by atoms with van der Waals surface area (Å²) in [6.07, 6.45) is 1.08. The number of hydrogen-bond acceptors (Lipinski definition) is 3. The molecule has 2 unspecified atom stereocenters. The maximum atomic E-state index is 13.1. The van der Waals surface area contributed by atoms with Crippen LogP contribution in [0.1, 0.15) is 27.9 Å². The zero-order valence-corrected chi connectivity index (χ0v) is 15.4. The van der Waals surface area contributed by atoms with E-state index in [1.165, 1.54) is 23.5 Å². The number of aryl methyl sites for hydroxylation is 1. The number of piperidine rings is 1. The van der Waals surface area contributed by atoms with Crippen molar-refractivity contribution in [1.82, 2.24) is 10.6 Å². The monoisotopic (exact) mass is 368 g/mol. The molecule has 1 aromatic heterocycles. The van der Waals surface area contributed by atoms with Gasteiger partial charge in [-0.3, -0.25) is 4.79 Å². The predicted octanol–water partition coefficient (Wildman–Crippen LogP) is 4.01. The van der Waals surface area contributed by atoms with Gasteiger partial charge in [-0.05, 0) is 55.1 Å². The van der Waals surface area contributed by atoms with Crippen molar-refractivity contribution in [3.8, 4) is 11.1 Å². The van der Waals surface area contributed by atoms with Crippen LogP contribution in [0.3, 0.4) is 0 Å². The van der Waals surface area contributed by atoms with Crippen molar-refractivity contribution in [3.63, 3.8) is 0 Å². The molecule has 1 saturated heterocycles. The van der Waals surface area contributed by atoms with E-state index in [1.54, 1.807) is 12.1 Å². The summed E-state index contributed by atoms with van der Waals surface area (Å²) in [5.74, 6) is 0.211. The first-order valence-electron chi connectivity index (χ1n) is 7.92. The maximum Gasteiger partial charge on any atom is 0.261 e. The topological polar surface area (TPSA) is 41.1 Å². The van der Waals surface area contributed by atoms with Crippen LogP contribution in [0.2, 0.25) is 0 Å². The Kier molecular flexibility index (Phi) is 6.38. The van der Waals surface area contributed by atoms with Gasteiger partial charge in [0.25, 0.3) is 5.91 Å². The van der Waals surface area contributed by atoms with E-state index >= 15 is 0 Å². The molecule has 2 heterocycles. The summed E-state index contributed by atoms with van der Waals surface area (Å²) in [5, 5.41) is 6.46. The fourth-order valence-corrected chi connectivity index (χ4v) is 3.88. The number of thiophene rings is 1. The number of halogens is 2. The Bertz CT molecular complexity index is 702. The van der Waals surface area contributed by atoms with Crippen LogP contribution >= 0.6 is 23.7 Å². The zero-order valence-electron chi connectivity index (χ0n) is 13.8. The minimum atomic E-state index is -0.251. The van der Waals surface area contributed by atoms with Gasteiger partial charge in [-0.1, -0.05) is 19.1 Å². The summed E-state index contributed by atoms with van der Waals surface area (Å²) < 4.78 is 13.1. The van der Waals surface area contributed by atoms with Gasteiger partial charge >= 0.3 is 0 Å². The molecule has 1 aromatic carbocycles. The second-order valence-electron chi connectivity index (χ2n) is 6.14. The van der Waals surface area contributed by atoms with Gasteiger partial charge in [0.1, 0.15) is 5.82 Å². The van der Waals surface area contributed by atoms with E-state index in [0.29, 0.717) is 10.8 Å². The smallest absolute Gasteiger partial charge is 0.261 e. The van der Waals surface area contributed by atoms with Crippen LogP contribution in [-0.2, 0) is 0 Å². The van der Waals surface area contributed by atoms with Crippen LogP contribution < -0.4 is 10.6 Å². The SMILES string of the molecule is Cc1sc(C(=O)NC2CNCCC2C)cc1-c1ccc(F)cc1.Cl. The van der Waals surface area contributed by atoms with Crippen LogP contribution in [0, 0.1) is 18.7 Å². The average molecular weight is 369 g/mol. The third-order valence-electron chi connectivity index (χ3n) is 4.44. The molecular weight excluding hydrogens is 347 g/mol. The summed E-state index contributed by atoms with van der Waals surface area (Å²) in [7, 11) is 0. The molecule has 24 heavy (non-hydrogen) atoms. The van der Waals surface area contributed by atoms with Crippen LogP contribution in [-0.4, -0.2) is 25.0 Å². The lowest BCUT2D eigenvalue weighted by Crippen LogP contribution is -2.50. The van der Waals surface area contributed by atoms with Crippen molar-refractivity contribution in [1.29, 1.82) is 0 Å². The first kappa shape index (κ1) is 18.9. The summed E-state index contributed by atoms with van der Waals surface area (Å²) >= 11 is 1.49. The Hall–Kier alpha value is -1.43. The third-order valence-corrected chi connectivity index (χ3v) is 5.49. The van der Waals surface area contributed by atoms with Crippen molar-refractivity contribution in [2.45, 2.75) is 26.3 Å². The van der Waals surface area contributed by atoms with E-state index in [1.807, 2.05) is 13.0 Å². The van der Waals surface area contributed by atoms with Crippen molar-refractivity contribution >= 4 is 29.7 Å². The van der Waals surface area contributed by atoms with Gasteiger partial charge in [0.15, 0.2) is 0 Å². The Balaban J connectivity index is 0.00000208. The van der Waals surface area contributed by atoms with Gasteiger partial charge in [0, 0.05) is 17.5 Å². The van der Waals surface area contributed by atoms with E-state index in [2.05, 4.69) is 17.6 Å². The lowest BCUT2D eigenvalue weighted by molar-refractivity contribution is 0.0919. The third kappa shape index (κ3) is 4.15. The summed E-state index contributed by atoms with van der Waals surface area (Å²) in [4.78, 5) is 14.3. The molecule has 0 bridgehead atoms. The van der Waals surface area contributed by atoms with E-state index in [0.717, 1.165) is 35.5 Å². The van der Waals surface area contributed by atoms with Crippen molar-refractivity contribution < 1.29 is 9.18 Å². The molecule has 1 fully saturated rings. The van der Waals surface area contributed by atoms with Crippen LogP contribution in [0.25, 0.3) is 11.1 Å². The Morgan fingerprint density at radius 2 is 2.04 bits per heavy atom. The van der Waals surface area contributed by atoms with Crippen molar-refractivity contribution in [2.24, 2.45) is 5.92 Å². The number of rotatable bonds is 3. The number of hydrogen-bond donors (Lipinski definition) is 2. The lowest BCUT2D eigenvalue weighted by Gasteiger charge is -2.30. The summed E-state index contributed by atoms with van der Waals surface area (Å²) in [5.41, 5.74) is 1.93. The molecule has 2 aromatic rings. The van der Waals surface area contributed by atoms with Crippen LogP contribution in [0.15, 0.2) is 30.3 Å². The number of carbonyl (C=O) groups excluding carboxylic acids is 1. The quantitative estimate of drug-likeness (QED) is 0.859. The van der Waals surface area contributed by atoms with E-state index in [9.17, 15) is 9.18 Å². The first-order valence-corrected chi connectivity index (χ1v) is 8.74. The van der Waals surface area contributed by atoms with Gasteiger partial charge in [0.2, 0.25) is 0 Å². The molecule has 0 spiro atoms. The molecule has 3 nitrogen and oxygen atoms in total. The molecule has 2 atom stereocenters. The Morgan fingerprint density at radius 1 is 1.33 bits per heavy atom. The molecule has 0 radical (unpaired) electrons. The normalized spacial score (nSPS) is 20.3. The number of amides is 1. The molecule has 130 valence electrons. The molecule has 0 saturated carbocycles. The van der Waals surface area contributed by atoms with Gasteiger partial charge in [-0.2, -0.15) is 0 Å². The highest BCUT2D eigenvalue weighted by Crippen LogP contribution is 2.31.